The number of nitrogens with zero attached hydrogens (tertiary/aromatic N) is 1. The van der Waals surface area contributed by atoms with Gasteiger partial charge in [-0.15, -0.1) is 0 Å². The van der Waals surface area contributed by atoms with Crippen LogP contribution in [0.25, 0.3) is 60.6 Å². The predicted molar refractivity (Wildman–Crippen MR) is 258 cm³/mol. The normalized spacial score (nSPS) is 14.8. The number of hydrogen-bond acceptors (Lipinski definition) is 1. The van der Waals surface area contributed by atoms with Crippen molar-refractivity contribution in [2.24, 2.45) is 0 Å². The Kier molecular flexibility index (Phi) is 8.18. The van der Waals surface area contributed by atoms with Crippen LogP contribution in [-0.2, 0) is 5.41 Å². The minimum absolute atomic E-state index is 0.409. The van der Waals surface area contributed by atoms with Gasteiger partial charge in [-0.3, -0.25) is 0 Å². The molecule has 1 atom stereocenters. The molecule has 10 aromatic carbocycles. The second-order valence-corrected chi connectivity index (χ2v) is 16.8. The Morgan fingerprint density at radius 3 is 1.79 bits per heavy atom. The van der Waals surface area contributed by atoms with Crippen molar-refractivity contribution in [2.75, 3.05) is 4.90 Å². The van der Waals surface area contributed by atoms with Gasteiger partial charge >= 0.3 is 0 Å². The third kappa shape index (κ3) is 5.40. The number of hydrogen-bond donors (Lipinski definition) is 0. The molecule has 2 aliphatic carbocycles. The molecule has 0 aliphatic heterocycles. The fourth-order valence-electron chi connectivity index (χ4n) is 10.8. The van der Waals surface area contributed by atoms with Gasteiger partial charge < -0.3 is 4.90 Å². The summed E-state index contributed by atoms with van der Waals surface area (Å²) in [5, 5.41) is 7.62. The molecule has 0 spiro atoms. The quantitative estimate of drug-likeness (QED) is 0.152. The average Bonchev–Trinajstić information content (AvgIpc) is 3.63. The van der Waals surface area contributed by atoms with Gasteiger partial charge in [-0.2, -0.15) is 0 Å². The van der Waals surface area contributed by atoms with Gasteiger partial charge in [-0.05, 0) is 131 Å². The van der Waals surface area contributed by atoms with Gasteiger partial charge in [0.1, 0.15) is 0 Å². The summed E-state index contributed by atoms with van der Waals surface area (Å²) in [5.41, 5.74) is 15.9. The smallest absolute Gasteiger partial charge is 0.0714 e. The van der Waals surface area contributed by atoms with Gasteiger partial charge in [0.25, 0.3) is 0 Å². The third-order valence-corrected chi connectivity index (χ3v) is 13.5. The van der Waals surface area contributed by atoms with Crippen LogP contribution in [0.3, 0.4) is 0 Å². The maximum atomic E-state index is 2.53. The van der Waals surface area contributed by atoms with Crippen molar-refractivity contribution < 1.29 is 0 Å². The average molecular weight is 778 g/mol. The highest BCUT2D eigenvalue weighted by Crippen LogP contribution is 2.57. The van der Waals surface area contributed by atoms with Crippen LogP contribution in [0, 0.1) is 0 Å². The fraction of sp³-hybridized carbons (Fsp3) is 0.0667. The molecule has 61 heavy (non-hydrogen) atoms. The van der Waals surface area contributed by atoms with Crippen LogP contribution in [0.5, 0.6) is 0 Å². The molecule has 0 N–H and O–H groups in total. The first-order valence-corrected chi connectivity index (χ1v) is 21.6. The van der Waals surface area contributed by atoms with E-state index in [0.717, 1.165) is 17.8 Å². The van der Waals surface area contributed by atoms with Gasteiger partial charge in [0.2, 0.25) is 0 Å². The van der Waals surface area contributed by atoms with E-state index in [4.69, 9.17) is 0 Å². The van der Waals surface area contributed by atoms with Gasteiger partial charge in [0.05, 0.1) is 11.1 Å². The molecule has 0 bridgehead atoms. The summed E-state index contributed by atoms with van der Waals surface area (Å²) in [6, 6.07) is 79.2. The molecule has 288 valence electrons. The molecule has 1 unspecified atom stereocenters. The number of fused-ring (bicyclic) bond motifs is 9. The number of anilines is 3. The first-order chi connectivity index (χ1) is 30.2. The Hall–Kier alpha value is -7.48. The van der Waals surface area contributed by atoms with Crippen LogP contribution in [0.1, 0.15) is 52.6 Å². The predicted octanol–water partition coefficient (Wildman–Crippen LogP) is 16.2. The molecule has 12 rings (SSSR count). The fourth-order valence-corrected chi connectivity index (χ4v) is 10.8. The van der Waals surface area contributed by atoms with Crippen LogP contribution in [-0.4, -0.2) is 0 Å². The van der Waals surface area contributed by atoms with Crippen molar-refractivity contribution in [1.82, 2.24) is 0 Å². The zero-order valence-corrected chi connectivity index (χ0v) is 34.1. The van der Waals surface area contributed by atoms with E-state index < -0.39 is 5.41 Å². The van der Waals surface area contributed by atoms with Crippen LogP contribution >= 0.6 is 0 Å². The van der Waals surface area contributed by atoms with Crippen molar-refractivity contribution >= 4 is 55.5 Å². The molecule has 0 aromatic heterocycles. The summed E-state index contributed by atoms with van der Waals surface area (Å²) >= 11 is 0. The zero-order chi connectivity index (χ0) is 40.5. The van der Waals surface area contributed by atoms with E-state index in [-0.39, 0.29) is 0 Å². The maximum absolute atomic E-state index is 2.53. The molecule has 0 heterocycles. The molecule has 1 heteroatoms. The summed E-state index contributed by atoms with van der Waals surface area (Å²) < 4.78 is 0. The molecule has 0 saturated carbocycles. The topological polar surface area (TPSA) is 3.24 Å². The molecule has 0 amide bonds. The lowest BCUT2D eigenvalue weighted by Gasteiger charge is -2.35. The minimum atomic E-state index is -0.506. The third-order valence-electron chi connectivity index (χ3n) is 13.5. The monoisotopic (exact) mass is 777 g/mol. The van der Waals surface area contributed by atoms with E-state index in [1.807, 2.05) is 0 Å². The molecular weight excluding hydrogens is 735 g/mol. The molecule has 0 radical (unpaired) electrons. The van der Waals surface area contributed by atoms with Crippen LogP contribution in [0.2, 0.25) is 0 Å². The van der Waals surface area contributed by atoms with Gasteiger partial charge in [-0.1, -0.05) is 195 Å². The zero-order valence-electron chi connectivity index (χ0n) is 34.1. The van der Waals surface area contributed by atoms with Crippen molar-refractivity contribution in [3.05, 3.63) is 252 Å². The minimum Gasteiger partial charge on any atom is -0.310 e. The lowest BCUT2D eigenvalue weighted by molar-refractivity contribution is 0.768. The number of allylic oxidation sites excluding steroid dienone is 1. The van der Waals surface area contributed by atoms with Crippen molar-refractivity contribution in [3.8, 4) is 22.3 Å². The van der Waals surface area contributed by atoms with Crippen LogP contribution in [0.15, 0.2) is 218 Å². The van der Waals surface area contributed by atoms with Crippen LogP contribution < -0.4 is 4.90 Å². The second kappa shape index (κ2) is 14.1. The molecular formula is C60H43N. The highest BCUT2D eigenvalue weighted by Gasteiger charge is 2.46. The van der Waals surface area contributed by atoms with E-state index in [0.29, 0.717) is 5.92 Å². The Morgan fingerprint density at radius 1 is 0.443 bits per heavy atom. The molecule has 0 fully saturated rings. The van der Waals surface area contributed by atoms with Gasteiger partial charge in [0.15, 0.2) is 0 Å². The Balaban J connectivity index is 1.12. The lowest BCUT2D eigenvalue weighted by Crippen LogP contribution is -2.28. The van der Waals surface area contributed by atoms with Crippen molar-refractivity contribution in [2.45, 2.75) is 24.7 Å². The van der Waals surface area contributed by atoms with Gasteiger partial charge in [0, 0.05) is 16.8 Å². The highest BCUT2D eigenvalue weighted by molar-refractivity contribution is 6.14. The summed E-state index contributed by atoms with van der Waals surface area (Å²) in [7, 11) is 0. The SMILES string of the molecule is CC1CC=Cc2c1cc(N(c1ccc(-c3cc4ccccc4c4ccccc34)cc1)c1ccc3c(c1)C(c1ccccc1)(c1ccccc1)c1ccccc1-3)c1ccccc21. The summed E-state index contributed by atoms with van der Waals surface area (Å²) in [4.78, 5) is 2.53. The van der Waals surface area contributed by atoms with E-state index in [9.17, 15) is 0 Å². The number of benzene rings is 10. The Morgan fingerprint density at radius 2 is 1.03 bits per heavy atom. The Labute approximate surface area is 357 Å². The maximum Gasteiger partial charge on any atom is 0.0714 e. The molecule has 2 aliphatic rings. The van der Waals surface area contributed by atoms with E-state index in [2.05, 4.69) is 236 Å². The molecule has 10 aromatic rings. The molecule has 0 saturated heterocycles. The number of rotatable bonds is 6. The van der Waals surface area contributed by atoms with Crippen molar-refractivity contribution in [3.63, 3.8) is 0 Å². The van der Waals surface area contributed by atoms with Gasteiger partial charge in [-0.25, -0.2) is 0 Å². The lowest BCUT2D eigenvalue weighted by atomic mass is 9.67. The largest absolute Gasteiger partial charge is 0.310 e. The summed E-state index contributed by atoms with van der Waals surface area (Å²) in [5.74, 6) is 0.409. The summed E-state index contributed by atoms with van der Waals surface area (Å²) in [6.45, 7) is 2.37. The standard InChI is InChI=1S/C60H43N/c1-40-17-16-29-50-49-25-12-13-28-54(49)59(39-55(40)50)61(45-33-31-41(32-34-45)56-37-42-18-8-9-23-47(42)48-24-10-11-26-51(48)56)46-35-36-53-52-27-14-15-30-57(52)60(58(53)38-46,43-19-4-2-5-20-43)44-21-6-3-7-22-44/h2-16,18-40H,17H2,1H3. The Bertz CT molecular complexity index is 3300. The van der Waals surface area contributed by atoms with E-state index in [1.165, 1.54) is 93.6 Å². The van der Waals surface area contributed by atoms with E-state index >= 15 is 0 Å². The summed E-state index contributed by atoms with van der Waals surface area (Å²) in [6.07, 6.45) is 5.72. The van der Waals surface area contributed by atoms with E-state index in [1.54, 1.807) is 0 Å². The second-order valence-electron chi connectivity index (χ2n) is 16.8. The first kappa shape index (κ1) is 35.5. The highest BCUT2D eigenvalue weighted by atomic mass is 15.1. The molecule has 1 nitrogen and oxygen atoms in total. The first-order valence-electron chi connectivity index (χ1n) is 21.6. The van der Waals surface area contributed by atoms with Crippen LogP contribution in [0.4, 0.5) is 17.1 Å². The van der Waals surface area contributed by atoms with Crippen molar-refractivity contribution in [1.29, 1.82) is 0 Å².